The summed E-state index contributed by atoms with van der Waals surface area (Å²) in [5, 5.41) is 14.6. The van der Waals surface area contributed by atoms with E-state index in [1.807, 2.05) is 6.07 Å². The Morgan fingerprint density at radius 1 is 1.15 bits per heavy atom. The van der Waals surface area contributed by atoms with Crippen molar-refractivity contribution in [2.75, 3.05) is 11.9 Å². The number of aliphatic imine (C=N–C) groups is 1. The van der Waals surface area contributed by atoms with Crippen LogP contribution in [0.4, 0.5) is 15.0 Å². The number of amides is 2. The van der Waals surface area contributed by atoms with Gasteiger partial charge < -0.3 is 10.1 Å². The van der Waals surface area contributed by atoms with Crippen molar-refractivity contribution < 1.29 is 22.9 Å². The number of hydrogen-bond donors (Lipinski definition) is 2. The van der Waals surface area contributed by atoms with Crippen LogP contribution in [0.1, 0.15) is 102 Å². The number of hydrogen-bond acceptors (Lipinski definition) is 9. The molecule has 2 N–H and O–H groups in total. The fourth-order valence-corrected chi connectivity index (χ4v) is 13.8. The zero-order valence-corrected chi connectivity index (χ0v) is 31.5. The summed E-state index contributed by atoms with van der Waals surface area (Å²) in [5.41, 5.74) is -1.46. The minimum absolute atomic E-state index is 0.0548. The Hall–Kier alpha value is -3.70. The lowest BCUT2D eigenvalue weighted by atomic mass is 9.88. The van der Waals surface area contributed by atoms with E-state index in [1.54, 1.807) is 60.6 Å². The van der Waals surface area contributed by atoms with Crippen molar-refractivity contribution in [3.8, 4) is 6.07 Å². The van der Waals surface area contributed by atoms with E-state index in [1.165, 1.54) is 6.20 Å². The van der Waals surface area contributed by atoms with E-state index in [2.05, 4.69) is 40.8 Å². The molecule has 4 rings (SSSR count). The highest BCUT2D eigenvalue weighted by Gasteiger charge is 2.58. The van der Waals surface area contributed by atoms with Gasteiger partial charge in [-0.2, -0.15) is 5.26 Å². The summed E-state index contributed by atoms with van der Waals surface area (Å²) in [6, 6.07) is 7.46. The summed E-state index contributed by atoms with van der Waals surface area (Å²) in [6.45, 7) is 18.6. The van der Waals surface area contributed by atoms with Crippen molar-refractivity contribution >= 4 is 46.6 Å². The van der Waals surface area contributed by atoms with Gasteiger partial charge in [-0.25, -0.2) is 27.7 Å². The zero-order chi connectivity index (χ0) is 35.9. The second-order valence-electron chi connectivity index (χ2n) is 14.3. The molecule has 0 aliphatic carbocycles. The van der Waals surface area contributed by atoms with E-state index in [9.17, 15) is 14.9 Å². The molecule has 2 aromatic rings. The van der Waals surface area contributed by atoms with E-state index in [0.717, 1.165) is 18.1 Å². The van der Waals surface area contributed by atoms with Crippen LogP contribution in [0.5, 0.6) is 0 Å². The minimum Gasteiger partial charge on any atom is -0.444 e. The molecular formula is C34H48FN7O4SSi. The Morgan fingerprint density at radius 3 is 2.35 bits per heavy atom. The topological polar surface area (TPSA) is 159 Å². The molecule has 2 aliphatic rings. The molecule has 2 aromatic heterocycles. The Bertz CT molecular complexity index is 1810. The number of nitriles is 1. The number of anilines is 1. The second-order valence-corrected chi connectivity index (χ2v) is 22.5. The first-order chi connectivity index (χ1) is 22.3. The number of nitrogens with zero attached hydrogens (tertiary/aromatic N) is 5. The average molecular weight is 698 g/mol. The Morgan fingerprint density at radius 2 is 1.79 bits per heavy atom. The molecular weight excluding hydrogens is 650 g/mol. The molecule has 0 fully saturated rings. The maximum atomic E-state index is 17.3. The van der Waals surface area contributed by atoms with Gasteiger partial charge in [-0.3, -0.25) is 15.1 Å². The molecule has 260 valence electrons. The normalized spacial score (nSPS) is 23.5. The summed E-state index contributed by atoms with van der Waals surface area (Å²) >= 11 is 0. The Kier molecular flexibility index (Phi) is 10.3. The number of fused-ring (bicyclic) bond motifs is 1. The third-order valence-corrected chi connectivity index (χ3v) is 19.1. The quantitative estimate of drug-likeness (QED) is 0.320. The van der Waals surface area contributed by atoms with Crippen LogP contribution in [0.3, 0.4) is 0 Å². The number of carbonyl (C=O) groups is 2. The van der Waals surface area contributed by atoms with Crippen LogP contribution in [-0.2, 0) is 20.0 Å². The molecule has 2 aliphatic heterocycles. The lowest BCUT2D eigenvalue weighted by molar-refractivity contribution is 0.0560. The van der Waals surface area contributed by atoms with Gasteiger partial charge in [0.1, 0.15) is 50.8 Å². The average Bonchev–Trinajstić information content (AvgIpc) is 3.01. The van der Waals surface area contributed by atoms with Crippen molar-refractivity contribution in [3.05, 3.63) is 46.7 Å². The molecule has 3 atom stereocenters. The number of ether oxygens (including phenoxy) is 1. The van der Waals surface area contributed by atoms with Crippen LogP contribution >= 0.6 is 0 Å². The molecule has 0 saturated heterocycles. The number of carbonyl (C=O) groups excluding carboxylic acids is 2. The molecule has 48 heavy (non-hydrogen) atoms. The fraction of sp³-hybridized carbons (Fsp3) is 0.588. The maximum absolute atomic E-state index is 17.3. The van der Waals surface area contributed by atoms with Crippen molar-refractivity contribution in [1.82, 2.24) is 15.3 Å². The van der Waals surface area contributed by atoms with Gasteiger partial charge in [0.05, 0.1) is 28.6 Å². The number of alkyl carbamates (subject to hydrolysis) is 1. The summed E-state index contributed by atoms with van der Waals surface area (Å²) < 4.78 is 41.5. The van der Waals surface area contributed by atoms with Crippen molar-refractivity contribution in [3.63, 3.8) is 0 Å². The van der Waals surface area contributed by atoms with Gasteiger partial charge in [0.15, 0.2) is 0 Å². The Balaban J connectivity index is 2.00. The first kappa shape index (κ1) is 37.1. The van der Waals surface area contributed by atoms with E-state index < -0.39 is 56.8 Å². The summed E-state index contributed by atoms with van der Waals surface area (Å²) in [5.74, 6) is -0.906. The highest BCUT2D eigenvalue weighted by Crippen LogP contribution is 2.47. The molecule has 0 radical (unpaired) electrons. The van der Waals surface area contributed by atoms with E-state index >= 15 is 8.60 Å². The third-order valence-electron chi connectivity index (χ3n) is 9.89. The van der Waals surface area contributed by atoms with E-state index in [4.69, 9.17) is 14.7 Å². The van der Waals surface area contributed by atoms with Crippen LogP contribution in [0, 0.1) is 24.1 Å². The number of rotatable bonds is 7. The minimum atomic E-state index is -3.17. The van der Waals surface area contributed by atoms with E-state index in [0.29, 0.717) is 35.7 Å². The standard InChI is InChI=1S/C34H48FN7O4SSi/c1-11-48(12-2,13-3)23-18-25(40-29(43)27-21(4)17-22(19-36)20-37-27)39-28(26(23)35)34(10)24-15-14-16-38-47(24,45)33(8,9)30(42-34)41-31(44)46-32(5,6)7/h17-18,20,24H,11-16H2,1-10H3,(H,39,40,43)(H,41,42,44)/t24-,34-,47-/m0/s1. The molecule has 0 aromatic carbocycles. The monoisotopic (exact) mass is 697 g/mol. The molecule has 11 nitrogen and oxygen atoms in total. The summed E-state index contributed by atoms with van der Waals surface area (Å²) in [6.07, 6.45) is 1.63. The number of nitrogens with one attached hydrogen (secondary N) is 2. The van der Waals surface area contributed by atoms with Gasteiger partial charge in [-0.15, -0.1) is 0 Å². The SMILES string of the molecule is CC[Si](CC)(CC)c1cc(NC(=O)c2ncc(C#N)cc2C)nc([C@@]2(C)N=C(NC(=O)OC(C)(C)C)C(C)(C)[S@]3(=O)=NCCC[C@@H]23)c1F. The highest BCUT2D eigenvalue weighted by molar-refractivity contribution is 7.96. The number of aryl methyl sites for hydroxylation is 1. The Labute approximate surface area is 284 Å². The van der Waals surface area contributed by atoms with Crippen LogP contribution in [0.2, 0.25) is 18.1 Å². The van der Waals surface area contributed by atoms with Crippen molar-refractivity contribution in [2.24, 2.45) is 9.36 Å². The van der Waals surface area contributed by atoms with Crippen LogP contribution in [-0.4, -0.2) is 62.2 Å². The fourth-order valence-electron chi connectivity index (χ4n) is 6.88. The largest absolute Gasteiger partial charge is 0.444 e. The molecule has 0 unspecified atom stereocenters. The van der Waals surface area contributed by atoms with Crippen molar-refractivity contribution in [1.29, 1.82) is 5.26 Å². The first-order valence-corrected chi connectivity index (χ1v) is 20.7. The van der Waals surface area contributed by atoms with Crippen LogP contribution in [0.15, 0.2) is 27.7 Å². The molecule has 0 saturated carbocycles. The molecule has 14 heteroatoms. The zero-order valence-electron chi connectivity index (χ0n) is 29.7. The second kappa shape index (κ2) is 13.3. The predicted octanol–water partition coefficient (Wildman–Crippen LogP) is 6.32. The van der Waals surface area contributed by atoms with Gasteiger partial charge in [-0.05, 0) is 84.2 Å². The van der Waals surface area contributed by atoms with Gasteiger partial charge in [0, 0.05) is 12.7 Å². The van der Waals surface area contributed by atoms with Gasteiger partial charge in [-0.1, -0.05) is 38.9 Å². The third kappa shape index (κ3) is 6.51. The highest BCUT2D eigenvalue weighted by atomic mass is 32.2. The number of halogens is 1. The molecule has 0 bridgehead atoms. The molecule has 2 amide bonds. The predicted molar refractivity (Wildman–Crippen MR) is 189 cm³/mol. The van der Waals surface area contributed by atoms with Crippen LogP contribution < -0.4 is 15.8 Å². The number of amidine groups is 1. The van der Waals surface area contributed by atoms with Gasteiger partial charge in [0.2, 0.25) is 0 Å². The lowest BCUT2D eigenvalue weighted by Crippen LogP contribution is -2.63. The lowest BCUT2D eigenvalue weighted by Gasteiger charge is -2.48. The van der Waals surface area contributed by atoms with Crippen molar-refractivity contribution in [2.45, 2.75) is 121 Å². The van der Waals surface area contributed by atoms with Crippen LogP contribution in [0.25, 0.3) is 0 Å². The summed E-state index contributed by atoms with van der Waals surface area (Å²) in [7, 11) is -5.64. The smallest absolute Gasteiger partial charge is 0.413 e. The molecule has 0 spiro atoms. The summed E-state index contributed by atoms with van der Waals surface area (Å²) in [4.78, 5) is 40.6. The molecule has 4 heterocycles. The number of aromatic nitrogens is 2. The number of pyridine rings is 2. The van der Waals surface area contributed by atoms with Gasteiger partial charge >= 0.3 is 6.09 Å². The first-order valence-electron chi connectivity index (χ1n) is 16.5. The van der Waals surface area contributed by atoms with E-state index in [-0.39, 0.29) is 23.0 Å². The maximum Gasteiger partial charge on any atom is 0.413 e. The van der Waals surface area contributed by atoms with Gasteiger partial charge in [0.25, 0.3) is 5.91 Å².